The third kappa shape index (κ3) is 2.18. The number of aromatic nitrogens is 1. The molecule has 0 atom stereocenters. The predicted octanol–water partition coefficient (Wildman–Crippen LogP) is 4.22. The van der Waals surface area contributed by atoms with Crippen LogP contribution in [0.4, 0.5) is 0 Å². The van der Waals surface area contributed by atoms with Gasteiger partial charge in [-0.25, -0.2) is 4.79 Å². The first-order valence-corrected chi connectivity index (χ1v) is 7.39. The van der Waals surface area contributed by atoms with Crippen LogP contribution in [-0.2, 0) is 4.74 Å². The molecule has 0 unspecified atom stereocenters. The van der Waals surface area contributed by atoms with Gasteiger partial charge in [0.1, 0.15) is 5.69 Å². The van der Waals surface area contributed by atoms with Gasteiger partial charge < -0.3 is 9.30 Å². The van der Waals surface area contributed by atoms with Crippen molar-refractivity contribution in [1.82, 2.24) is 4.57 Å². The van der Waals surface area contributed by atoms with Crippen LogP contribution in [0, 0.1) is 6.92 Å². The average Bonchev–Trinajstić information content (AvgIpc) is 3.10. The average molecular weight is 322 g/mol. The van der Waals surface area contributed by atoms with Gasteiger partial charge in [-0.15, -0.1) is 0 Å². The summed E-state index contributed by atoms with van der Waals surface area (Å²) in [5, 5.41) is 1.14. The summed E-state index contributed by atoms with van der Waals surface area (Å²) in [6, 6.07) is 6.58. The summed E-state index contributed by atoms with van der Waals surface area (Å²) in [5.74, 6) is -0.221. The van der Waals surface area contributed by atoms with E-state index in [0.29, 0.717) is 18.3 Å². The Morgan fingerprint density at radius 1 is 1.42 bits per heavy atom. The van der Waals surface area contributed by atoms with Crippen LogP contribution in [0.2, 0.25) is 0 Å². The van der Waals surface area contributed by atoms with Gasteiger partial charge in [-0.3, -0.25) is 0 Å². The number of carbonyl (C=O) groups is 1. The highest BCUT2D eigenvalue weighted by Gasteiger charge is 2.30. The topological polar surface area (TPSA) is 31.2 Å². The lowest BCUT2D eigenvalue weighted by Gasteiger charge is -2.09. The van der Waals surface area contributed by atoms with Crippen molar-refractivity contribution in [2.75, 3.05) is 6.61 Å². The van der Waals surface area contributed by atoms with Crippen molar-refractivity contribution in [3.05, 3.63) is 33.9 Å². The number of aryl methyl sites for hydroxylation is 1. The number of nitrogens with zero attached hydrogens (tertiary/aromatic N) is 1. The van der Waals surface area contributed by atoms with E-state index in [4.69, 9.17) is 4.74 Å². The summed E-state index contributed by atoms with van der Waals surface area (Å²) < 4.78 is 8.37. The van der Waals surface area contributed by atoms with E-state index in [1.807, 2.05) is 13.0 Å². The lowest BCUT2D eigenvalue weighted by atomic mass is 10.1. The molecule has 0 aliphatic heterocycles. The van der Waals surface area contributed by atoms with Crippen molar-refractivity contribution in [2.24, 2.45) is 0 Å². The van der Waals surface area contributed by atoms with E-state index in [0.717, 1.165) is 28.2 Å². The number of carbonyl (C=O) groups excluding carboxylic acids is 1. The maximum atomic E-state index is 12.1. The second-order valence-electron chi connectivity index (χ2n) is 5.01. The first-order valence-electron chi connectivity index (χ1n) is 6.60. The zero-order valence-corrected chi connectivity index (χ0v) is 12.7. The summed E-state index contributed by atoms with van der Waals surface area (Å²) in [5.41, 5.74) is 2.98. The number of rotatable bonds is 3. The number of halogens is 1. The van der Waals surface area contributed by atoms with Gasteiger partial charge in [-0.1, -0.05) is 15.9 Å². The first kappa shape index (κ1) is 12.7. The Morgan fingerprint density at radius 3 is 2.79 bits per heavy atom. The van der Waals surface area contributed by atoms with Gasteiger partial charge in [0.25, 0.3) is 0 Å². The molecule has 0 amide bonds. The predicted molar refractivity (Wildman–Crippen MR) is 78.6 cm³/mol. The number of benzene rings is 1. The van der Waals surface area contributed by atoms with E-state index in [2.05, 4.69) is 39.6 Å². The van der Waals surface area contributed by atoms with Crippen LogP contribution in [0.1, 0.15) is 41.9 Å². The van der Waals surface area contributed by atoms with Crippen LogP contribution < -0.4 is 0 Å². The van der Waals surface area contributed by atoms with Gasteiger partial charge in [-0.2, -0.15) is 0 Å². The van der Waals surface area contributed by atoms with E-state index in [-0.39, 0.29) is 5.97 Å². The Morgan fingerprint density at radius 2 is 2.16 bits per heavy atom. The molecule has 100 valence electrons. The fraction of sp³-hybridized carbons (Fsp3) is 0.400. The van der Waals surface area contributed by atoms with Crippen molar-refractivity contribution in [1.29, 1.82) is 0 Å². The van der Waals surface area contributed by atoms with Gasteiger partial charge in [0.2, 0.25) is 0 Å². The second-order valence-corrected chi connectivity index (χ2v) is 5.92. The molecule has 1 fully saturated rings. The molecule has 1 saturated carbocycles. The van der Waals surface area contributed by atoms with Crippen LogP contribution in [0.15, 0.2) is 22.7 Å². The summed E-state index contributed by atoms with van der Waals surface area (Å²) in [6.07, 6.45) is 2.28. The lowest BCUT2D eigenvalue weighted by Crippen LogP contribution is -2.11. The molecule has 3 rings (SSSR count). The van der Waals surface area contributed by atoms with Gasteiger partial charge in [0.15, 0.2) is 0 Å². The van der Waals surface area contributed by atoms with E-state index in [1.165, 1.54) is 5.56 Å². The fourth-order valence-corrected chi connectivity index (χ4v) is 3.11. The molecule has 2 aromatic rings. The van der Waals surface area contributed by atoms with Crippen LogP contribution >= 0.6 is 15.9 Å². The number of ether oxygens (including phenoxy) is 1. The molecule has 1 aliphatic carbocycles. The number of esters is 1. The number of hydrogen-bond donors (Lipinski definition) is 0. The molecule has 0 N–H and O–H groups in total. The molecule has 1 heterocycles. The largest absolute Gasteiger partial charge is 0.461 e. The van der Waals surface area contributed by atoms with Crippen LogP contribution in [-0.4, -0.2) is 17.1 Å². The molecule has 0 radical (unpaired) electrons. The SMILES string of the molecule is CCOC(=O)c1cc2c(C)cc(Br)cc2n1C1CC1. The third-order valence-corrected chi connectivity index (χ3v) is 3.98. The standard InChI is InChI=1S/C15H16BrNO2/c1-3-19-15(18)14-8-12-9(2)6-10(16)7-13(12)17(14)11-4-5-11/h6-8,11H,3-5H2,1-2H3. The smallest absolute Gasteiger partial charge is 0.354 e. The molecule has 1 aromatic heterocycles. The normalized spacial score (nSPS) is 14.9. The summed E-state index contributed by atoms with van der Waals surface area (Å²) >= 11 is 3.53. The highest BCUT2D eigenvalue weighted by atomic mass is 79.9. The molecular formula is C15H16BrNO2. The van der Waals surface area contributed by atoms with Gasteiger partial charge in [-0.05, 0) is 50.5 Å². The first-order chi connectivity index (χ1) is 9.11. The van der Waals surface area contributed by atoms with Crippen molar-refractivity contribution in [3.63, 3.8) is 0 Å². The monoisotopic (exact) mass is 321 g/mol. The maximum absolute atomic E-state index is 12.1. The molecule has 1 aliphatic rings. The lowest BCUT2D eigenvalue weighted by molar-refractivity contribution is 0.0514. The second kappa shape index (κ2) is 4.67. The summed E-state index contributed by atoms with van der Waals surface area (Å²) in [4.78, 5) is 12.1. The van der Waals surface area contributed by atoms with Crippen LogP contribution in [0.5, 0.6) is 0 Å². The van der Waals surface area contributed by atoms with E-state index in [1.54, 1.807) is 0 Å². The molecule has 0 spiro atoms. The fourth-order valence-electron chi connectivity index (χ4n) is 2.55. The van der Waals surface area contributed by atoms with Crippen molar-refractivity contribution in [2.45, 2.75) is 32.7 Å². The zero-order chi connectivity index (χ0) is 13.6. The zero-order valence-electron chi connectivity index (χ0n) is 11.1. The molecule has 0 saturated heterocycles. The van der Waals surface area contributed by atoms with Gasteiger partial charge >= 0.3 is 5.97 Å². The Labute approximate surface area is 120 Å². The highest BCUT2D eigenvalue weighted by Crippen LogP contribution is 2.41. The Kier molecular flexibility index (Phi) is 3.13. The molecule has 19 heavy (non-hydrogen) atoms. The minimum atomic E-state index is -0.221. The summed E-state index contributed by atoms with van der Waals surface area (Å²) in [7, 11) is 0. The molecule has 3 nitrogen and oxygen atoms in total. The minimum Gasteiger partial charge on any atom is -0.461 e. The third-order valence-electron chi connectivity index (χ3n) is 3.53. The quantitative estimate of drug-likeness (QED) is 0.792. The molecule has 1 aromatic carbocycles. The number of fused-ring (bicyclic) bond motifs is 1. The maximum Gasteiger partial charge on any atom is 0.354 e. The van der Waals surface area contributed by atoms with Crippen molar-refractivity contribution in [3.8, 4) is 0 Å². The van der Waals surface area contributed by atoms with Crippen LogP contribution in [0.25, 0.3) is 10.9 Å². The summed E-state index contributed by atoms with van der Waals surface area (Å²) in [6.45, 7) is 4.32. The van der Waals surface area contributed by atoms with Crippen molar-refractivity contribution >= 4 is 32.8 Å². The van der Waals surface area contributed by atoms with Gasteiger partial charge in [0.05, 0.1) is 12.1 Å². The van der Waals surface area contributed by atoms with Crippen molar-refractivity contribution < 1.29 is 9.53 Å². The minimum absolute atomic E-state index is 0.221. The Balaban J connectivity index is 2.24. The van der Waals surface area contributed by atoms with E-state index < -0.39 is 0 Å². The Bertz CT molecular complexity index is 656. The van der Waals surface area contributed by atoms with Gasteiger partial charge in [0, 0.05) is 15.9 Å². The number of hydrogen-bond acceptors (Lipinski definition) is 2. The molecular weight excluding hydrogens is 306 g/mol. The Hall–Kier alpha value is -1.29. The highest BCUT2D eigenvalue weighted by molar-refractivity contribution is 9.10. The van der Waals surface area contributed by atoms with E-state index >= 15 is 0 Å². The molecule has 0 bridgehead atoms. The molecule has 4 heteroatoms. The van der Waals surface area contributed by atoms with E-state index in [9.17, 15) is 4.79 Å². The van der Waals surface area contributed by atoms with Crippen LogP contribution in [0.3, 0.4) is 0 Å².